The standard InChI is InChI=1S/C20H15F2N3O3S/c1-26-16-10-12(6-7-15(16)27-20(21)22)19-24-18(28-25-19)11-29-17-8-9-23-14-5-3-2-4-13(14)17/h2-10,20H,11H2,1H3. The number of aromatic nitrogens is 3. The lowest BCUT2D eigenvalue weighted by Crippen LogP contribution is -2.03. The lowest BCUT2D eigenvalue weighted by atomic mass is 10.2. The van der Waals surface area contributed by atoms with Gasteiger partial charge in [0.1, 0.15) is 0 Å². The van der Waals surface area contributed by atoms with Crippen LogP contribution in [0.2, 0.25) is 0 Å². The summed E-state index contributed by atoms with van der Waals surface area (Å²) >= 11 is 1.56. The largest absolute Gasteiger partial charge is 0.493 e. The second-order valence-electron chi connectivity index (χ2n) is 5.87. The normalized spacial score (nSPS) is 11.2. The van der Waals surface area contributed by atoms with Crippen molar-refractivity contribution >= 4 is 22.7 Å². The van der Waals surface area contributed by atoms with Crippen LogP contribution in [0.5, 0.6) is 11.5 Å². The zero-order valence-corrected chi connectivity index (χ0v) is 16.0. The van der Waals surface area contributed by atoms with Crippen LogP contribution in [0, 0.1) is 0 Å². The molecule has 0 aliphatic carbocycles. The maximum absolute atomic E-state index is 12.5. The lowest BCUT2D eigenvalue weighted by Gasteiger charge is -2.10. The number of alkyl halides is 2. The van der Waals surface area contributed by atoms with E-state index in [2.05, 4.69) is 19.9 Å². The highest BCUT2D eigenvalue weighted by Crippen LogP contribution is 2.33. The molecular weight excluding hydrogens is 400 g/mol. The number of thioether (sulfide) groups is 1. The van der Waals surface area contributed by atoms with Gasteiger partial charge in [-0.15, -0.1) is 11.8 Å². The van der Waals surface area contributed by atoms with Crippen molar-refractivity contribution in [2.24, 2.45) is 0 Å². The summed E-state index contributed by atoms with van der Waals surface area (Å²) in [6.07, 6.45) is 1.76. The van der Waals surface area contributed by atoms with Crippen LogP contribution in [0.25, 0.3) is 22.3 Å². The highest BCUT2D eigenvalue weighted by atomic mass is 32.2. The maximum atomic E-state index is 12.5. The summed E-state index contributed by atoms with van der Waals surface area (Å²) in [4.78, 5) is 9.79. The third kappa shape index (κ3) is 4.29. The molecule has 0 saturated carbocycles. The Kier molecular flexibility index (Phi) is 5.57. The van der Waals surface area contributed by atoms with E-state index in [9.17, 15) is 8.78 Å². The fourth-order valence-corrected chi connectivity index (χ4v) is 3.65. The predicted octanol–water partition coefficient (Wildman–Crippen LogP) is 5.19. The summed E-state index contributed by atoms with van der Waals surface area (Å²) in [7, 11) is 1.37. The number of rotatable bonds is 7. The molecule has 0 amide bonds. The number of hydrogen-bond acceptors (Lipinski definition) is 7. The van der Waals surface area contributed by atoms with E-state index < -0.39 is 6.61 Å². The second-order valence-corrected chi connectivity index (χ2v) is 6.89. The number of halogens is 2. The van der Waals surface area contributed by atoms with Crippen LogP contribution < -0.4 is 9.47 Å². The van der Waals surface area contributed by atoms with Gasteiger partial charge in [-0.3, -0.25) is 4.98 Å². The maximum Gasteiger partial charge on any atom is 0.387 e. The number of para-hydroxylation sites is 1. The van der Waals surface area contributed by atoms with Gasteiger partial charge in [0.15, 0.2) is 11.5 Å². The van der Waals surface area contributed by atoms with Crippen molar-refractivity contribution in [2.45, 2.75) is 17.3 Å². The van der Waals surface area contributed by atoms with Gasteiger partial charge < -0.3 is 14.0 Å². The third-order valence-corrected chi connectivity index (χ3v) is 5.12. The Hall–Kier alpha value is -3.20. The highest BCUT2D eigenvalue weighted by Gasteiger charge is 2.15. The SMILES string of the molecule is COc1cc(-c2noc(CSc3ccnc4ccccc34)n2)ccc1OC(F)F. The lowest BCUT2D eigenvalue weighted by molar-refractivity contribution is -0.0512. The average Bonchev–Trinajstić information content (AvgIpc) is 3.21. The molecule has 2 aromatic carbocycles. The van der Waals surface area contributed by atoms with Gasteiger partial charge >= 0.3 is 6.61 Å². The monoisotopic (exact) mass is 415 g/mol. The zero-order chi connectivity index (χ0) is 20.2. The summed E-state index contributed by atoms with van der Waals surface area (Å²) in [6.45, 7) is -2.94. The second kappa shape index (κ2) is 8.44. The Morgan fingerprint density at radius 3 is 2.79 bits per heavy atom. The van der Waals surface area contributed by atoms with Gasteiger partial charge in [-0.2, -0.15) is 13.8 Å². The number of ether oxygens (including phenoxy) is 2. The van der Waals surface area contributed by atoms with Crippen molar-refractivity contribution in [3.05, 3.63) is 60.6 Å². The number of benzene rings is 2. The molecule has 4 rings (SSSR count). The molecule has 0 saturated heterocycles. The van der Waals surface area contributed by atoms with E-state index in [1.807, 2.05) is 30.3 Å². The first-order valence-corrected chi connectivity index (χ1v) is 9.55. The molecule has 148 valence electrons. The first-order chi connectivity index (χ1) is 14.1. The zero-order valence-electron chi connectivity index (χ0n) is 15.2. The number of hydrogen-bond donors (Lipinski definition) is 0. The summed E-state index contributed by atoms with van der Waals surface area (Å²) in [6, 6.07) is 14.3. The topological polar surface area (TPSA) is 70.3 Å². The number of nitrogens with zero attached hydrogens (tertiary/aromatic N) is 3. The van der Waals surface area contributed by atoms with Gasteiger partial charge in [0.2, 0.25) is 11.7 Å². The molecule has 0 unspecified atom stereocenters. The highest BCUT2D eigenvalue weighted by molar-refractivity contribution is 7.98. The number of pyridine rings is 1. The van der Waals surface area contributed by atoms with Crippen LogP contribution in [-0.2, 0) is 5.75 Å². The van der Waals surface area contributed by atoms with Crippen molar-refractivity contribution in [1.29, 1.82) is 0 Å². The number of fused-ring (bicyclic) bond motifs is 1. The van der Waals surface area contributed by atoms with E-state index in [1.165, 1.54) is 19.2 Å². The molecule has 0 spiro atoms. The molecule has 4 aromatic rings. The van der Waals surface area contributed by atoms with Crippen LogP contribution in [0.3, 0.4) is 0 Å². The smallest absolute Gasteiger partial charge is 0.387 e. The average molecular weight is 415 g/mol. The van der Waals surface area contributed by atoms with Gasteiger partial charge in [-0.05, 0) is 30.3 Å². The molecule has 9 heteroatoms. The molecular formula is C20H15F2N3O3S. The Bertz CT molecular complexity index is 1130. The molecule has 29 heavy (non-hydrogen) atoms. The molecule has 0 atom stereocenters. The Morgan fingerprint density at radius 2 is 1.97 bits per heavy atom. The van der Waals surface area contributed by atoms with E-state index in [0.29, 0.717) is 23.0 Å². The minimum absolute atomic E-state index is 0.0601. The molecule has 0 bridgehead atoms. The van der Waals surface area contributed by atoms with E-state index >= 15 is 0 Å². The summed E-state index contributed by atoms with van der Waals surface area (Å²) in [5.41, 5.74) is 1.49. The van der Waals surface area contributed by atoms with Crippen LogP contribution in [0.15, 0.2) is 64.1 Å². The van der Waals surface area contributed by atoms with E-state index in [0.717, 1.165) is 15.8 Å². The van der Waals surface area contributed by atoms with Crippen LogP contribution in [-0.4, -0.2) is 28.8 Å². The molecule has 0 radical (unpaired) electrons. The van der Waals surface area contributed by atoms with Gasteiger partial charge in [0.05, 0.1) is 18.4 Å². The summed E-state index contributed by atoms with van der Waals surface area (Å²) in [5, 5.41) is 5.03. The first kappa shape index (κ1) is 19.1. The van der Waals surface area contributed by atoms with E-state index in [1.54, 1.807) is 24.0 Å². The Balaban J connectivity index is 1.51. The quantitative estimate of drug-likeness (QED) is 0.385. The van der Waals surface area contributed by atoms with E-state index in [4.69, 9.17) is 9.26 Å². The van der Waals surface area contributed by atoms with Crippen molar-refractivity contribution in [2.75, 3.05) is 7.11 Å². The van der Waals surface area contributed by atoms with Gasteiger partial charge in [-0.1, -0.05) is 23.4 Å². The fourth-order valence-electron chi connectivity index (χ4n) is 2.77. The predicted molar refractivity (Wildman–Crippen MR) is 104 cm³/mol. The molecule has 0 fully saturated rings. The Labute approximate surface area is 168 Å². The van der Waals surface area contributed by atoms with Crippen LogP contribution in [0.4, 0.5) is 8.78 Å². The van der Waals surface area contributed by atoms with Crippen LogP contribution >= 0.6 is 11.8 Å². The van der Waals surface area contributed by atoms with Crippen molar-refractivity contribution < 1.29 is 22.8 Å². The third-order valence-electron chi connectivity index (χ3n) is 4.07. The first-order valence-electron chi connectivity index (χ1n) is 8.56. The summed E-state index contributed by atoms with van der Waals surface area (Å²) < 4.78 is 39.8. The van der Waals surface area contributed by atoms with Gasteiger partial charge in [-0.25, -0.2) is 0 Å². The van der Waals surface area contributed by atoms with Gasteiger partial charge in [0, 0.05) is 22.0 Å². The van der Waals surface area contributed by atoms with Crippen molar-refractivity contribution in [1.82, 2.24) is 15.1 Å². The summed E-state index contributed by atoms with van der Waals surface area (Å²) in [5.74, 6) is 1.35. The fraction of sp³-hybridized carbons (Fsp3) is 0.150. The molecule has 0 N–H and O–H groups in total. The molecule has 2 aromatic heterocycles. The molecule has 6 nitrogen and oxygen atoms in total. The minimum atomic E-state index is -2.94. The van der Waals surface area contributed by atoms with Gasteiger partial charge in [0.25, 0.3) is 0 Å². The van der Waals surface area contributed by atoms with Crippen molar-refractivity contribution in [3.8, 4) is 22.9 Å². The molecule has 0 aliphatic rings. The molecule has 0 aliphatic heterocycles. The van der Waals surface area contributed by atoms with Crippen molar-refractivity contribution in [3.63, 3.8) is 0 Å². The van der Waals surface area contributed by atoms with Crippen LogP contribution in [0.1, 0.15) is 5.89 Å². The Morgan fingerprint density at radius 1 is 1.10 bits per heavy atom. The number of methoxy groups -OCH3 is 1. The molecule has 2 heterocycles. The minimum Gasteiger partial charge on any atom is -0.493 e. The van der Waals surface area contributed by atoms with E-state index in [-0.39, 0.29) is 11.5 Å².